The number of rotatable bonds is 8. The summed E-state index contributed by atoms with van der Waals surface area (Å²) in [5.74, 6) is 1.41. The standard InChI is InChI=1S/C22H31N3O2/c1-15(2)8-10-23-20-13-21(27)19(14-26)18(20)12-17-9-11-24-22(25-17)16-6-4-3-5-7-16/h3-7,9,11,15,18-21,23,26-27H,8,10,12-14H2,1-2H3/t18-,19-,20-,21-/m1/s1. The van der Waals surface area contributed by atoms with E-state index in [1.807, 2.05) is 36.4 Å². The number of aromatic nitrogens is 2. The molecule has 0 saturated heterocycles. The molecule has 1 aromatic heterocycles. The van der Waals surface area contributed by atoms with E-state index in [0.29, 0.717) is 12.3 Å². The third-order valence-electron chi connectivity index (χ3n) is 5.59. The Morgan fingerprint density at radius 2 is 1.93 bits per heavy atom. The molecule has 5 heteroatoms. The summed E-state index contributed by atoms with van der Waals surface area (Å²) in [5, 5.41) is 23.9. The highest BCUT2D eigenvalue weighted by Crippen LogP contribution is 2.35. The summed E-state index contributed by atoms with van der Waals surface area (Å²) >= 11 is 0. The first-order valence-electron chi connectivity index (χ1n) is 9.98. The van der Waals surface area contributed by atoms with Crippen molar-refractivity contribution in [1.29, 1.82) is 0 Å². The fourth-order valence-corrected chi connectivity index (χ4v) is 4.01. The van der Waals surface area contributed by atoms with Crippen molar-refractivity contribution in [2.75, 3.05) is 13.2 Å². The number of nitrogens with zero attached hydrogens (tertiary/aromatic N) is 2. The molecule has 1 aliphatic carbocycles. The van der Waals surface area contributed by atoms with E-state index in [1.54, 1.807) is 6.20 Å². The van der Waals surface area contributed by atoms with Crippen molar-refractivity contribution >= 4 is 0 Å². The van der Waals surface area contributed by atoms with Crippen LogP contribution in [0.15, 0.2) is 42.6 Å². The summed E-state index contributed by atoms with van der Waals surface area (Å²) in [6.07, 6.45) is 3.85. The molecule has 1 aliphatic rings. The minimum absolute atomic E-state index is 0.00478. The lowest BCUT2D eigenvalue weighted by Crippen LogP contribution is -2.37. The van der Waals surface area contributed by atoms with Crippen LogP contribution in [0.4, 0.5) is 0 Å². The minimum Gasteiger partial charge on any atom is -0.396 e. The molecule has 0 spiro atoms. The molecule has 3 N–H and O–H groups in total. The zero-order valence-corrected chi connectivity index (χ0v) is 16.3. The minimum atomic E-state index is -0.466. The van der Waals surface area contributed by atoms with E-state index in [2.05, 4.69) is 24.1 Å². The van der Waals surface area contributed by atoms with Gasteiger partial charge in [-0.1, -0.05) is 44.2 Å². The molecule has 27 heavy (non-hydrogen) atoms. The zero-order chi connectivity index (χ0) is 19.2. The fourth-order valence-electron chi connectivity index (χ4n) is 4.01. The van der Waals surface area contributed by atoms with Gasteiger partial charge in [0.15, 0.2) is 5.82 Å². The molecule has 4 atom stereocenters. The van der Waals surface area contributed by atoms with E-state index in [9.17, 15) is 10.2 Å². The first-order chi connectivity index (χ1) is 13.1. The molecule has 0 bridgehead atoms. The third kappa shape index (κ3) is 5.12. The highest BCUT2D eigenvalue weighted by atomic mass is 16.3. The van der Waals surface area contributed by atoms with E-state index < -0.39 is 6.10 Å². The first-order valence-corrected chi connectivity index (χ1v) is 9.98. The van der Waals surface area contributed by atoms with Crippen molar-refractivity contribution in [2.45, 2.75) is 45.3 Å². The first kappa shape index (κ1) is 19.9. The molecular formula is C22H31N3O2. The van der Waals surface area contributed by atoms with Crippen LogP contribution in [0, 0.1) is 17.8 Å². The number of nitrogens with one attached hydrogen (secondary N) is 1. The molecule has 2 aromatic rings. The molecule has 3 rings (SSSR count). The van der Waals surface area contributed by atoms with Crippen LogP contribution in [-0.2, 0) is 6.42 Å². The van der Waals surface area contributed by atoms with Crippen LogP contribution in [0.5, 0.6) is 0 Å². The van der Waals surface area contributed by atoms with Gasteiger partial charge in [0.05, 0.1) is 6.10 Å². The second-order valence-corrected chi connectivity index (χ2v) is 8.00. The van der Waals surface area contributed by atoms with Gasteiger partial charge >= 0.3 is 0 Å². The molecule has 146 valence electrons. The van der Waals surface area contributed by atoms with Crippen molar-refractivity contribution in [2.24, 2.45) is 17.8 Å². The SMILES string of the molecule is CC(C)CCN[C@@H]1C[C@@H](O)[C@H](CO)[C@H]1Cc1ccnc(-c2ccccc2)n1. The van der Waals surface area contributed by atoms with Gasteiger partial charge in [0, 0.05) is 36.0 Å². The van der Waals surface area contributed by atoms with Gasteiger partial charge in [0.1, 0.15) is 0 Å². The van der Waals surface area contributed by atoms with Gasteiger partial charge in [0.25, 0.3) is 0 Å². The third-order valence-corrected chi connectivity index (χ3v) is 5.59. The van der Waals surface area contributed by atoms with Gasteiger partial charge in [-0.3, -0.25) is 0 Å². The number of hydrogen-bond acceptors (Lipinski definition) is 5. The lowest BCUT2D eigenvalue weighted by Gasteiger charge is -2.25. The molecule has 1 saturated carbocycles. The molecule has 1 aromatic carbocycles. The zero-order valence-electron chi connectivity index (χ0n) is 16.3. The predicted molar refractivity (Wildman–Crippen MR) is 107 cm³/mol. The molecule has 0 aliphatic heterocycles. The summed E-state index contributed by atoms with van der Waals surface area (Å²) < 4.78 is 0. The number of benzene rings is 1. The quantitative estimate of drug-likeness (QED) is 0.667. The highest BCUT2D eigenvalue weighted by Gasteiger charge is 2.41. The van der Waals surface area contributed by atoms with Crippen molar-refractivity contribution in [3.63, 3.8) is 0 Å². The molecule has 1 fully saturated rings. The summed E-state index contributed by atoms with van der Waals surface area (Å²) in [6.45, 7) is 5.37. The second-order valence-electron chi connectivity index (χ2n) is 8.00. The van der Waals surface area contributed by atoms with Gasteiger partial charge in [0.2, 0.25) is 0 Å². The smallest absolute Gasteiger partial charge is 0.159 e. The van der Waals surface area contributed by atoms with E-state index >= 15 is 0 Å². The Labute approximate surface area is 161 Å². The van der Waals surface area contributed by atoms with Crippen molar-refractivity contribution in [3.05, 3.63) is 48.3 Å². The monoisotopic (exact) mass is 369 g/mol. The van der Waals surface area contributed by atoms with E-state index in [1.165, 1.54) is 0 Å². The average molecular weight is 370 g/mol. The Morgan fingerprint density at radius 1 is 1.15 bits per heavy atom. The Balaban J connectivity index is 1.74. The number of aliphatic hydroxyl groups excluding tert-OH is 2. The maximum absolute atomic E-state index is 10.4. The van der Waals surface area contributed by atoms with Crippen LogP contribution in [0.1, 0.15) is 32.4 Å². The fraction of sp³-hybridized carbons (Fsp3) is 0.545. The van der Waals surface area contributed by atoms with E-state index in [-0.39, 0.29) is 24.5 Å². The normalized spacial score (nSPS) is 25.2. The molecular weight excluding hydrogens is 338 g/mol. The largest absolute Gasteiger partial charge is 0.396 e. The second kappa shape index (κ2) is 9.40. The average Bonchev–Trinajstić information content (AvgIpc) is 2.96. The summed E-state index contributed by atoms with van der Waals surface area (Å²) in [4.78, 5) is 9.14. The maximum atomic E-state index is 10.4. The van der Waals surface area contributed by atoms with Crippen LogP contribution in [0.25, 0.3) is 11.4 Å². The summed E-state index contributed by atoms with van der Waals surface area (Å²) in [6, 6.07) is 12.1. The molecule has 0 amide bonds. The van der Waals surface area contributed by atoms with Crippen LogP contribution >= 0.6 is 0 Å². The summed E-state index contributed by atoms with van der Waals surface area (Å²) in [5.41, 5.74) is 1.95. The van der Waals surface area contributed by atoms with Gasteiger partial charge in [-0.2, -0.15) is 0 Å². The Kier molecular flexibility index (Phi) is 6.94. The van der Waals surface area contributed by atoms with Gasteiger partial charge in [-0.15, -0.1) is 0 Å². The van der Waals surface area contributed by atoms with Gasteiger partial charge < -0.3 is 15.5 Å². The molecule has 0 radical (unpaired) electrons. The lowest BCUT2D eigenvalue weighted by molar-refractivity contribution is 0.0716. The van der Waals surface area contributed by atoms with E-state index in [0.717, 1.165) is 36.5 Å². The Hall–Kier alpha value is -1.82. The molecule has 0 unspecified atom stereocenters. The summed E-state index contributed by atoms with van der Waals surface area (Å²) in [7, 11) is 0. The van der Waals surface area contributed by atoms with Crippen LogP contribution < -0.4 is 5.32 Å². The van der Waals surface area contributed by atoms with Crippen LogP contribution in [0.3, 0.4) is 0 Å². The van der Waals surface area contributed by atoms with Gasteiger partial charge in [-0.05, 0) is 43.7 Å². The maximum Gasteiger partial charge on any atom is 0.159 e. The Morgan fingerprint density at radius 3 is 2.63 bits per heavy atom. The van der Waals surface area contributed by atoms with Crippen LogP contribution in [-0.4, -0.2) is 45.5 Å². The van der Waals surface area contributed by atoms with E-state index in [4.69, 9.17) is 4.98 Å². The number of aliphatic hydroxyl groups is 2. The highest BCUT2D eigenvalue weighted by molar-refractivity contribution is 5.54. The Bertz CT molecular complexity index is 708. The van der Waals surface area contributed by atoms with Crippen molar-refractivity contribution in [3.8, 4) is 11.4 Å². The van der Waals surface area contributed by atoms with Crippen molar-refractivity contribution < 1.29 is 10.2 Å². The van der Waals surface area contributed by atoms with Crippen molar-refractivity contribution in [1.82, 2.24) is 15.3 Å². The number of hydrogen-bond donors (Lipinski definition) is 3. The van der Waals surface area contributed by atoms with Crippen LogP contribution in [0.2, 0.25) is 0 Å². The van der Waals surface area contributed by atoms with Gasteiger partial charge in [-0.25, -0.2) is 9.97 Å². The lowest BCUT2D eigenvalue weighted by atomic mass is 9.88. The predicted octanol–water partition coefficient (Wildman–Crippen LogP) is 2.68. The topological polar surface area (TPSA) is 78.3 Å². The molecule has 5 nitrogen and oxygen atoms in total. The molecule has 1 heterocycles.